The highest BCUT2D eigenvalue weighted by Gasteiger charge is 2.25. The van der Waals surface area contributed by atoms with Gasteiger partial charge < -0.3 is 0 Å². The molecule has 1 aliphatic heterocycles. The average molecular weight is 303 g/mol. The Hall–Kier alpha value is -2.26. The molecule has 3 aromatic rings. The molecule has 0 radical (unpaired) electrons. The Kier molecular flexibility index (Phi) is 3.80. The lowest BCUT2D eigenvalue weighted by Gasteiger charge is -2.24. The van der Waals surface area contributed by atoms with E-state index in [4.69, 9.17) is 0 Å². The van der Waals surface area contributed by atoms with Crippen molar-refractivity contribution in [2.75, 3.05) is 6.54 Å². The van der Waals surface area contributed by atoms with Crippen LogP contribution in [0.4, 0.5) is 0 Å². The predicted molar refractivity (Wildman–Crippen MR) is 93.1 cm³/mol. The van der Waals surface area contributed by atoms with Crippen LogP contribution in [-0.2, 0) is 6.54 Å². The number of aryl methyl sites for hydroxylation is 1. The van der Waals surface area contributed by atoms with Gasteiger partial charge in [-0.15, -0.1) is 0 Å². The molecule has 0 N–H and O–H groups in total. The maximum atomic E-state index is 4.59. The van der Waals surface area contributed by atoms with Gasteiger partial charge in [-0.3, -0.25) is 14.9 Å². The second-order valence-corrected chi connectivity index (χ2v) is 6.39. The van der Waals surface area contributed by atoms with Gasteiger partial charge in [0, 0.05) is 36.1 Å². The van der Waals surface area contributed by atoms with Crippen molar-refractivity contribution in [1.29, 1.82) is 0 Å². The zero-order chi connectivity index (χ0) is 15.6. The standard InChI is InChI=1S/C20H21N3/c1-15-6-8-17-12-16(7-9-19(17)22-15)14-23-11-3-5-20(23)18-4-2-10-21-13-18/h2,4,6-10,12-13,20H,3,5,11,14H2,1H3. The van der Waals surface area contributed by atoms with Gasteiger partial charge in [-0.2, -0.15) is 0 Å². The summed E-state index contributed by atoms with van der Waals surface area (Å²) in [4.78, 5) is 11.4. The lowest BCUT2D eigenvalue weighted by molar-refractivity contribution is 0.248. The molecule has 1 fully saturated rings. The predicted octanol–water partition coefficient (Wildman–Crippen LogP) is 4.28. The number of likely N-dealkylation sites (tertiary alicyclic amines) is 1. The quantitative estimate of drug-likeness (QED) is 0.723. The zero-order valence-corrected chi connectivity index (χ0v) is 13.4. The van der Waals surface area contributed by atoms with Crippen LogP contribution in [0.2, 0.25) is 0 Å². The second kappa shape index (κ2) is 6.09. The van der Waals surface area contributed by atoms with Crippen LogP contribution in [-0.4, -0.2) is 21.4 Å². The Balaban J connectivity index is 1.58. The Labute approximate surface area is 137 Å². The fourth-order valence-electron chi connectivity index (χ4n) is 3.58. The summed E-state index contributed by atoms with van der Waals surface area (Å²) < 4.78 is 0. The molecule has 1 atom stereocenters. The largest absolute Gasteiger partial charge is 0.292 e. The van der Waals surface area contributed by atoms with E-state index in [-0.39, 0.29) is 0 Å². The van der Waals surface area contributed by atoms with Gasteiger partial charge in [-0.25, -0.2) is 0 Å². The van der Waals surface area contributed by atoms with Crippen LogP contribution in [0.15, 0.2) is 54.9 Å². The molecule has 4 rings (SSSR count). The van der Waals surface area contributed by atoms with Gasteiger partial charge in [-0.1, -0.05) is 18.2 Å². The van der Waals surface area contributed by atoms with Crippen molar-refractivity contribution in [3.63, 3.8) is 0 Å². The normalized spacial score (nSPS) is 18.6. The van der Waals surface area contributed by atoms with Gasteiger partial charge >= 0.3 is 0 Å². The van der Waals surface area contributed by atoms with E-state index in [2.05, 4.69) is 51.3 Å². The van der Waals surface area contributed by atoms with E-state index in [1.807, 2.05) is 25.4 Å². The van der Waals surface area contributed by atoms with Gasteiger partial charge in [0.1, 0.15) is 0 Å². The Morgan fingerprint density at radius 3 is 3.00 bits per heavy atom. The summed E-state index contributed by atoms with van der Waals surface area (Å²) in [7, 11) is 0. The number of hydrogen-bond acceptors (Lipinski definition) is 3. The van der Waals surface area contributed by atoms with Crippen LogP contribution in [0.1, 0.15) is 35.7 Å². The summed E-state index contributed by atoms with van der Waals surface area (Å²) in [6, 6.07) is 15.6. The molecule has 1 aliphatic rings. The maximum absolute atomic E-state index is 4.59. The van der Waals surface area contributed by atoms with Crippen molar-refractivity contribution < 1.29 is 0 Å². The highest BCUT2D eigenvalue weighted by Crippen LogP contribution is 2.32. The van der Waals surface area contributed by atoms with Gasteiger partial charge in [-0.05, 0) is 61.7 Å². The molecular formula is C20H21N3. The SMILES string of the molecule is Cc1ccc2cc(CN3CCCC3c3cccnc3)ccc2n1. The minimum Gasteiger partial charge on any atom is -0.292 e. The summed E-state index contributed by atoms with van der Waals surface area (Å²) in [6.45, 7) is 4.18. The van der Waals surface area contributed by atoms with Crippen molar-refractivity contribution in [2.24, 2.45) is 0 Å². The van der Waals surface area contributed by atoms with Crippen LogP contribution in [0.5, 0.6) is 0 Å². The molecule has 1 saturated heterocycles. The van der Waals surface area contributed by atoms with Crippen molar-refractivity contribution in [3.8, 4) is 0 Å². The van der Waals surface area contributed by atoms with E-state index < -0.39 is 0 Å². The fraction of sp³-hybridized carbons (Fsp3) is 0.300. The minimum atomic E-state index is 0.496. The van der Waals surface area contributed by atoms with E-state index in [1.165, 1.54) is 29.4 Å². The summed E-state index contributed by atoms with van der Waals surface area (Å²) in [5.74, 6) is 0. The third kappa shape index (κ3) is 2.97. The fourth-order valence-corrected chi connectivity index (χ4v) is 3.58. The molecule has 23 heavy (non-hydrogen) atoms. The van der Waals surface area contributed by atoms with Crippen LogP contribution in [0.3, 0.4) is 0 Å². The van der Waals surface area contributed by atoms with Crippen molar-refractivity contribution in [3.05, 3.63) is 71.7 Å². The van der Waals surface area contributed by atoms with Crippen LogP contribution < -0.4 is 0 Å². The van der Waals surface area contributed by atoms with E-state index in [9.17, 15) is 0 Å². The van der Waals surface area contributed by atoms with Crippen molar-refractivity contribution in [1.82, 2.24) is 14.9 Å². The lowest BCUT2D eigenvalue weighted by atomic mass is 10.1. The smallest absolute Gasteiger partial charge is 0.0705 e. The molecule has 3 heterocycles. The molecule has 0 amide bonds. The molecule has 0 spiro atoms. The Morgan fingerprint density at radius 1 is 1.17 bits per heavy atom. The molecule has 1 unspecified atom stereocenters. The third-order valence-electron chi connectivity index (χ3n) is 4.71. The molecule has 3 nitrogen and oxygen atoms in total. The maximum Gasteiger partial charge on any atom is 0.0705 e. The minimum absolute atomic E-state index is 0.496. The number of hydrogen-bond donors (Lipinski definition) is 0. The van der Waals surface area contributed by atoms with E-state index in [1.54, 1.807) is 0 Å². The van der Waals surface area contributed by atoms with Crippen LogP contribution >= 0.6 is 0 Å². The van der Waals surface area contributed by atoms with Gasteiger partial charge in [0.05, 0.1) is 5.52 Å². The Morgan fingerprint density at radius 2 is 2.13 bits per heavy atom. The monoisotopic (exact) mass is 303 g/mol. The second-order valence-electron chi connectivity index (χ2n) is 6.39. The molecule has 0 bridgehead atoms. The highest BCUT2D eigenvalue weighted by atomic mass is 15.2. The molecule has 116 valence electrons. The molecule has 1 aromatic carbocycles. The first-order chi connectivity index (χ1) is 11.3. The molecule has 0 aliphatic carbocycles. The first-order valence-electron chi connectivity index (χ1n) is 8.30. The van der Waals surface area contributed by atoms with Gasteiger partial charge in [0.25, 0.3) is 0 Å². The summed E-state index contributed by atoms with van der Waals surface area (Å²) in [5.41, 5.74) is 4.85. The van der Waals surface area contributed by atoms with Gasteiger partial charge in [0.2, 0.25) is 0 Å². The van der Waals surface area contributed by atoms with Crippen LogP contribution in [0, 0.1) is 6.92 Å². The first-order valence-corrected chi connectivity index (χ1v) is 8.30. The number of rotatable bonds is 3. The lowest BCUT2D eigenvalue weighted by Crippen LogP contribution is -2.22. The number of nitrogens with zero attached hydrogens (tertiary/aromatic N) is 3. The van der Waals surface area contributed by atoms with E-state index >= 15 is 0 Å². The number of benzene rings is 1. The molecular weight excluding hydrogens is 282 g/mol. The third-order valence-corrected chi connectivity index (χ3v) is 4.71. The van der Waals surface area contributed by atoms with Crippen molar-refractivity contribution in [2.45, 2.75) is 32.4 Å². The zero-order valence-electron chi connectivity index (χ0n) is 13.4. The number of aromatic nitrogens is 2. The molecule has 2 aromatic heterocycles. The Bertz CT molecular complexity index is 813. The first kappa shape index (κ1) is 14.3. The highest BCUT2D eigenvalue weighted by molar-refractivity contribution is 5.79. The molecule has 0 saturated carbocycles. The topological polar surface area (TPSA) is 29.0 Å². The van der Waals surface area contributed by atoms with E-state index in [0.29, 0.717) is 6.04 Å². The number of fused-ring (bicyclic) bond motifs is 1. The summed E-state index contributed by atoms with van der Waals surface area (Å²) in [5, 5.41) is 1.23. The van der Waals surface area contributed by atoms with Gasteiger partial charge in [0.15, 0.2) is 0 Å². The summed E-state index contributed by atoms with van der Waals surface area (Å²) in [6.07, 6.45) is 6.34. The molecule has 3 heteroatoms. The van der Waals surface area contributed by atoms with Crippen molar-refractivity contribution >= 4 is 10.9 Å². The number of pyridine rings is 2. The van der Waals surface area contributed by atoms with Crippen LogP contribution in [0.25, 0.3) is 10.9 Å². The van der Waals surface area contributed by atoms with E-state index in [0.717, 1.165) is 24.3 Å². The summed E-state index contributed by atoms with van der Waals surface area (Å²) >= 11 is 0. The average Bonchev–Trinajstić information content (AvgIpc) is 3.04.